The molecule has 7 amide bonds. The molecule has 18 heterocycles. The first-order valence-electron chi connectivity index (χ1n) is 48.1. The van der Waals surface area contributed by atoms with Crippen molar-refractivity contribution in [2.75, 3.05) is 220 Å². The van der Waals surface area contributed by atoms with E-state index in [0.717, 1.165) is 217 Å². The Balaban J connectivity index is 0.000000117. The summed E-state index contributed by atoms with van der Waals surface area (Å²) in [6.45, 7) is 17.2. The number of urea groups is 1. The number of nitrogens with one attached hydrogen (secondary N) is 10. The third kappa shape index (κ3) is 22.9. The summed E-state index contributed by atoms with van der Waals surface area (Å²) in [6, 6.07) is 46.1. The number of hydrogen-bond donors (Lipinski definition) is 10. The van der Waals surface area contributed by atoms with Crippen molar-refractivity contribution in [3.05, 3.63) is 243 Å². The number of aromatic nitrogens is 16. The molecule has 40 heteroatoms. The molecular formula is C104H107N29O11. The van der Waals surface area contributed by atoms with Crippen LogP contribution in [0.3, 0.4) is 0 Å². The van der Waals surface area contributed by atoms with Gasteiger partial charge in [-0.1, -0.05) is 24.3 Å². The zero-order chi connectivity index (χ0) is 98.2. The number of anilines is 12. The molecule has 1 aliphatic carbocycles. The van der Waals surface area contributed by atoms with E-state index in [1.165, 1.54) is 24.2 Å². The molecule has 16 aromatic rings. The Morgan fingerprint density at radius 2 is 0.569 bits per heavy atom. The van der Waals surface area contributed by atoms with Crippen molar-refractivity contribution in [1.82, 2.24) is 85.6 Å². The average Bonchev–Trinajstić information content (AvgIpc) is 1.64. The lowest BCUT2D eigenvalue weighted by atomic mass is 10.0. The minimum Gasteiger partial charge on any atom is -0.378 e. The molecule has 7 fully saturated rings. The number of rotatable bonds is 21. The highest BCUT2D eigenvalue weighted by molar-refractivity contribution is 6.15. The number of fused-ring (bicyclic) bond motifs is 4. The van der Waals surface area contributed by atoms with Gasteiger partial charge in [0.05, 0.1) is 183 Å². The van der Waals surface area contributed by atoms with E-state index >= 15 is 0 Å². The Hall–Kier alpha value is -16.8. The van der Waals surface area contributed by atoms with Crippen LogP contribution in [0.4, 0.5) is 73.6 Å². The fraction of sp³-hybridized carbons (Fsp3) is 0.288. The average molecular weight is 1940 g/mol. The minimum absolute atomic E-state index is 0.0330. The van der Waals surface area contributed by atoms with Crippen LogP contribution in [0.25, 0.3) is 88.1 Å². The number of ether oxygens (including phenoxy) is 5. The van der Waals surface area contributed by atoms with Crippen LogP contribution in [-0.2, 0) is 28.5 Å². The molecule has 4 aromatic carbocycles. The third-order valence-electron chi connectivity index (χ3n) is 25.7. The van der Waals surface area contributed by atoms with Gasteiger partial charge in [-0.15, -0.1) is 0 Å². The van der Waals surface area contributed by atoms with Crippen LogP contribution in [-0.4, -0.2) is 280 Å². The number of nitrogens with zero attached hydrogens (tertiary/aromatic N) is 19. The van der Waals surface area contributed by atoms with Crippen LogP contribution >= 0.6 is 0 Å². The summed E-state index contributed by atoms with van der Waals surface area (Å²) >= 11 is 0. The summed E-state index contributed by atoms with van der Waals surface area (Å²) in [4.78, 5) is 127. The summed E-state index contributed by atoms with van der Waals surface area (Å²) < 4.78 is 27.0. The monoisotopic (exact) mass is 1940 g/mol. The summed E-state index contributed by atoms with van der Waals surface area (Å²) in [7, 11) is 3.33. The molecule has 0 atom stereocenters. The molecule has 0 radical (unpaired) electrons. The molecule has 10 N–H and O–H groups in total. The molecule has 734 valence electrons. The Morgan fingerprint density at radius 3 is 0.861 bits per heavy atom. The molecule has 40 nitrogen and oxygen atoms in total. The first-order chi connectivity index (χ1) is 70.6. The van der Waals surface area contributed by atoms with Crippen molar-refractivity contribution in [1.29, 1.82) is 0 Å². The number of H-pyrrole nitrogens is 4. The number of amides is 7. The SMILES string of the molecule is CN(C)C(=O)Nc1cncc(-c2ccc3[nH]nc(C(=O)Nc4ccc(N5CCOCC5)nc4)c3c2)c1.O=C(Nc1ccc(N2CCOCC2)nc1)c1n[nH]c2ccc(-c3cncc(N4CCCCC4)c3)cc12.O=C(Nc1ccc(N2CCOCC2)nc1)c1n[nH]c2ccc(-c3cncc(N4CCOCC4)c3)cc12.O=C(Nc1ccc(N2CCOCC2)nc1)c1n[nH]c2ccc(-c3cncc(NC(=O)C4CC4)c3)cc12. The van der Waals surface area contributed by atoms with Gasteiger partial charge in [-0.3, -0.25) is 64.3 Å². The third-order valence-corrected chi connectivity index (χ3v) is 25.7. The van der Waals surface area contributed by atoms with Gasteiger partial charge in [-0.25, -0.2) is 24.7 Å². The maximum atomic E-state index is 13.1. The Morgan fingerprint density at radius 1 is 0.285 bits per heavy atom. The maximum Gasteiger partial charge on any atom is 0.321 e. The summed E-state index contributed by atoms with van der Waals surface area (Å²) in [6.07, 6.45) is 26.4. The van der Waals surface area contributed by atoms with Gasteiger partial charge in [0.25, 0.3) is 23.6 Å². The van der Waals surface area contributed by atoms with Gasteiger partial charge in [0.1, 0.15) is 23.3 Å². The largest absolute Gasteiger partial charge is 0.378 e. The van der Waals surface area contributed by atoms with E-state index in [1.807, 2.05) is 158 Å². The van der Waals surface area contributed by atoms with Gasteiger partial charge in [0.15, 0.2) is 22.8 Å². The first-order valence-corrected chi connectivity index (χ1v) is 48.1. The highest BCUT2D eigenvalue weighted by Gasteiger charge is 2.31. The second-order valence-electron chi connectivity index (χ2n) is 35.7. The quantitative estimate of drug-likeness (QED) is 0.0319. The Labute approximate surface area is 826 Å². The van der Waals surface area contributed by atoms with Gasteiger partial charge in [0, 0.05) is 167 Å². The maximum absolute atomic E-state index is 13.1. The molecule has 23 rings (SSSR count). The van der Waals surface area contributed by atoms with E-state index in [2.05, 4.69) is 154 Å². The number of aromatic amines is 4. The van der Waals surface area contributed by atoms with Crippen LogP contribution in [0.1, 0.15) is 74.1 Å². The number of carbonyl (C=O) groups is 6. The molecule has 0 unspecified atom stereocenters. The van der Waals surface area contributed by atoms with Crippen molar-refractivity contribution < 1.29 is 52.5 Å². The number of pyridine rings is 8. The van der Waals surface area contributed by atoms with Crippen LogP contribution in [0.2, 0.25) is 0 Å². The number of benzene rings is 4. The first kappa shape index (κ1) is 94.8. The molecule has 0 bridgehead atoms. The van der Waals surface area contributed by atoms with Crippen molar-refractivity contribution in [3.63, 3.8) is 0 Å². The lowest BCUT2D eigenvalue weighted by molar-refractivity contribution is -0.117. The van der Waals surface area contributed by atoms with Crippen molar-refractivity contribution in [3.8, 4) is 44.5 Å². The van der Waals surface area contributed by atoms with Gasteiger partial charge in [0.2, 0.25) is 5.91 Å². The second-order valence-corrected chi connectivity index (χ2v) is 35.7. The lowest BCUT2D eigenvalue weighted by Gasteiger charge is -2.28. The molecule has 6 aliphatic heterocycles. The smallest absolute Gasteiger partial charge is 0.321 e. The van der Waals surface area contributed by atoms with Crippen LogP contribution in [0.15, 0.2) is 220 Å². The number of morpholine rings is 5. The predicted molar refractivity (Wildman–Crippen MR) is 551 cm³/mol. The fourth-order valence-electron chi connectivity index (χ4n) is 17.6. The van der Waals surface area contributed by atoms with Crippen LogP contribution in [0.5, 0.6) is 0 Å². The van der Waals surface area contributed by atoms with Gasteiger partial charge in [-0.05, 0) is 176 Å². The van der Waals surface area contributed by atoms with E-state index in [1.54, 1.807) is 63.7 Å². The second kappa shape index (κ2) is 44.3. The normalized spacial score (nSPS) is 15.4. The van der Waals surface area contributed by atoms with E-state index < -0.39 is 0 Å². The molecule has 144 heavy (non-hydrogen) atoms. The van der Waals surface area contributed by atoms with Crippen LogP contribution < -0.4 is 61.3 Å². The molecule has 12 aromatic heterocycles. The van der Waals surface area contributed by atoms with Crippen LogP contribution in [0, 0.1) is 5.92 Å². The summed E-state index contributed by atoms with van der Waals surface area (Å²) in [5.74, 6) is 2.37. The Kier molecular flexibility index (Phi) is 29.2. The van der Waals surface area contributed by atoms with Gasteiger partial charge in [-0.2, -0.15) is 20.4 Å². The molecular weight excluding hydrogens is 1830 g/mol. The van der Waals surface area contributed by atoms with E-state index in [0.29, 0.717) is 109 Å². The van der Waals surface area contributed by atoms with Crippen molar-refractivity contribution in [2.45, 2.75) is 32.1 Å². The molecule has 1 saturated carbocycles. The zero-order valence-corrected chi connectivity index (χ0v) is 79.4. The highest BCUT2D eigenvalue weighted by Crippen LogP contribution is 2.37. The highest BCUT2D eigenvalue weighted by atomic mass is 16.5. The summed E-state index contributed by atoms with van der Waals surface area (Å²) in [5.41, 5.74) is 17.5. The van der Waals surface area contributed by atoms with E-state index in [4.69, 9.17) is 23.7 Å². The zero-order valence-electron chi connectivity index (χ0n) is 79.4. The lowest BCUT2D eigenvalue weighted by Crippen LogP contribution is -2.36. The molecule has 6 saturated heterocycles. The van der Waals surface area contributed by atoms with Gasteiger partial charge >= 0.3 is 6.03 Å². The number of hydrogen-bond acceptors (Lipinski definition) is 29. The predicted octanol–water partition coefficient (Wildman–Crippen LogP) is 13.7. The fourth-order valence-corrected chi connectivity index (χ4v) is 17.6. The number of carbonyl (C=O) groups excluding carboxylic acids is 6. The topological polar surface area (TPSA) is 461 Å². The standard InChI is InChI=1S/C27H29N7O2.C26H27N7O3.C26H25N7O3.C25H26N8O3/c35-27(30-21-5-7-25(29-17-21)34-10-12-36-13-11-34)26-23-15-19(4-6-24(23)31-32-26)20-14-22(18-28-16-20)33-8-2-1-3-9-33;34-26(29-20-2-4-24(28-16-20)33-7-11-36-12-8-33)25-22-14-18(1-3-23(22)30-31-25)19-13-21(17-27-15-19)32-5-9-35-10-6-32;34-25(16-1-2-16)30-20-11-18(13-27-14-20)17-3-5-22-21(12-17)24(32-31-22)26(35)29-19-4-6-23(28-15-19)33-7-9-36-10-8-33;1-32(2)25(35)29-19-11-17(13-26-14-19)16-3-5-21-20(12-16)23(31-30-21)24(34)28-18-4-6-22(27-15-18)33-7-9-36-10-8-33/h4-7,14-18H,1-3,8-13H2,(H,30,35)(H,31,32);1-4,13-17H,5-12H2,(H,29,34)(H,30,31);3-6,11-16H,1-2,7-10H2,(H,29,35)(H,30,34)(H,31,32);3-6,11-15H,7-10H2,1-2H3,(H,28,34)(H,29,35)(H,30,31). The molecule has 0 spiro atoms. The number of piperidine rings is 1. The van der Waals surface area contributed by atoms with E-state index in [9.17, 15) is 28.8 Å². The van der Waals surface area contributed by atoms with Crippen molar-refractivity contribution in [2.24, 2.45) is 5.92 Å². The van der Waals surface area contributed by atoms with E-state index in [-0.39, 0.29) is 52.9 Å². The minimum atomic E-state index is -0.343. The molecule has 7 aliphatic rings. The summed E-state index contributed by atoms with van der Waals surface area (Å²) in [5, 5.41) is 49.1. The van der Waals surface area contributed by atoms with Crippen molar-refractivity contribution >= 4 is 148 Å². The van der Waals surface area contributed by atoms with Gasteiger partial charge < -0.3 is 89.9 Å². The Bertz CT molecular complexity index is 6830.